The van der Waals surface area contributed by atoms with Gasteiger partial charge in [-0.1, -0.05) is 22.9 Å². The molecule has 15 heavy (non-hydrogen) atoms. The molecular formula is C9H14ClN3OS. The van der Waals surface area contributed by atoms with Crippen LogP contribution in [-0.2, 0) is 0 Å². The van der Waals surface area contributed by atoms with E-state index >= 15 is 0 Å². The summed E-state index contributed by atoms with van der Waals surface area (Å²) in [6.45, 7) is 1.64. The predicted octanol–water partition coefficient (Wildman–Crippen LogP) is 1.48. The maximum atomic E-state index is 11.5. The minimum Gasteiger partial charge on any atom is -0.351 e. The van der Waals surface area contributed by atoms with Crippen LogP contribution in [0.15, 0.2) is 6.20 Å². The van der Waals surface area contributed by atoms with Crippen LogP contribution >= 0.6 is 22.9 Å². The lowest BCUT2D eigenvalue weighted by atomic mass is 10.4. The summed E-state index contributed by atoms with van der Waals surface area (Å²) in [7, 11) is 4.01. The van der Waals surface area contributed by atoms with Crippen LogP contribution in [0.5, 0.6) is 0 Å². The van der Waals surface area contributed by atoms with Gasteiger partial charge in [-0.15, -0.1) is 0 Å². The summed E-state index contributed by atoms with van der Waals surface area (Å²) in [5, 5.41) is 2.81. The van der Waals surface area contributed by atoms with Gasteiger partial charge in [-0.25, -0.2) is 4.98 Å². The van der Waals surface area contributed by atoms with E-state index in [9.17, 15) is 4.79 Å². The van der Waals surface area contributed by atoms with Crippen molar-refractivity contribution in [3.05, 3.63) is 15.5 Å². The molecule has 0 bridgehead atoms. The van der Waals surface area contributed by atoms with Crippen molar-refractivity contribution < 1.29 is 4.79 Å². The molecule has 0 atom stereocenters. The van der Waals surface area contributed by atoms with Crippen LogP contribution in [-0.4, -0.2) is 43.0 Å². The van der Waals surface area contributed by atoms with Gasteiger partial charge in [0, 0.05) is 6.54 Å². The van der Waals surface area contributed by atoms with Gasteiger partial charge in [0.2, 0.25) is 0 Å². The molecule has 1 aromatic heterocycles. The van der Waals surface area contributed by atoms with E-state index in [1.165, 1.54) is 17.5 Å². The highest BCUT2D eigenvalue weighted by molar-refractivity contribution is 7.17. The molecule has 1 heterocycles. The van der Waals surface area contributed by atoms with Gasteiger partial charge in [0.1, 0.15) is 4.88 Å². The molecule has 0 spiro atoms. The Bertz CT molecular complexity index is 327. The number of carbonyl (C=O) groups excluding carboxylic acids is 1. The Labute approximate surface area is 98.3 Å². The summed E-state index contributed by atoms with van der Waals surface area (Å²) < 4.78 is 0.397. The van der Waals surface area contributed by atoms with Crippen molar-refractivity contribution in [3.8, 4) is 0 Å². The maximum absolute atomic E-state index is 11.5. The number of halogens is 1. The van der Waals surface area contributed by atoms with E-state index in [2.05, 4.69) is 15.2 Å². The summed E-state index contributed by atoms with van der Waals surface area (Å²) in [5.74, 6) is -0.0989. The molecule has 4 nitrogen and oxygen atoms in total. The molecule has 0 unspecified atom stereocenters. The zero-order valence-corrected chi connectivity index (χ0v) is 10.4. The summed E-state index contributed by atoms with van der Waals surface area (Å²) in [6, 6.07) is 0. The predicted molar refractivity (Wildman–Crippen MR) is 62.6 cm³/mol. The van der Waals surface area contributed by atoms with Crippen molar-refractivity contribution in [3.63, 3.8) is 0 Å². The first-order valence-corrected chi connectivity index (χ1v) is 5.83. The first-order valence-electron chi connectivity index (χ1n) is 4.64. The average Bonchev–Trinajstić information content (AvgIpc) is 2.59. The summed E-state index contributed by atoms with van der Waals surface area (Å²) in [5.41, 5.74) is 0. The van der Waals surface area contributed by atoms with E-state index in [1.807, 2.05) is 14.1 Å². The van der Waals surface area contributed by atoms with Crippen LogP contribution in [0.4, 0.5) is 0 Å². The lowest BCUT2D eigenvalue weighted by Crippen LogP contribution is -2.26. The van der Waals surface area contributed by atoms with E-state index in [4.69, 9.17) is 11.6 Å². The van der Waals surface area contributed by atoms with Crippen LogP contribution in [0, 0.1) is 0 Å². The van der Waals surface area contributed by atoms with Crippen molar-refractivity contribution in [2.45, 2.75) is 6.42 Å². The third-order valence-electron chi connectivity index (χ3n) is 1.77. The highest BCUT2D eigenvalue weighted by Gasteiger charge is 2.08. The normalized spacial score (nSPS) is 10.7. The third-order valence-corrected chi connectivity index (χ3v) is 2.88. The van der Waals surface area contributed by atoms with E-state index in [0.29, 0.717) is 15.9 Å². The Hall–Kier alpha value is -0.650. The molecule has 0 saturated carbocycles. The number of aromatic nitrogens is 1. The van der Waals surface area contributed by atoms with Crippen LogP contribution in [0.1, 0.15) is 16.1 Å². The molecule has 0 fully saturated rings. The van der Waals surface area contributed by atoms with Crippen LogP contribution in [0.25, 0.3) is 0 Å². The second kappa shape index (κ2) is 6.05. The van der Waals surface area contributed by atoms with Crippen LogP contribution in [0.2, 0.25) is 4.47 Å². The first kappa shape index (κ1) is 12.4. The van der Waals surface area contributed by atoms with E-state index in [0.717, 1.165) is 13.0 Å². The topological polar surface area (TPSA) is 45.2 Å². The van der Waals surface area contributed by atoms with Gasteiger partial charge < -0.3 is 10.2 Å². The quantitative estimate of drug-likeness (QED) is 0.802. The van der Waals surface area contributed by atoms with Gasteiger partial charge in [0.15, 0.2) is 4.47 Å². The van der Waals surface area contributed by atoms with Crippen molar-refractivity contribution in [2.75, 3.05) is 27.2 Å². The second-order valence-corrected chi connectivity index (χ2v) is 5.00. The molecule has 1 aromatic rings. The number of carbonyl (C=O) groups is 1. The molecule has 0 aliphatic carbocycles. The van der Waals surface area contributed by atoms with Crippen molar-refractivity contribution in [2.24, 2.45) is 0 Å². The molecule has 0 radical (unpaired) electrons. The number of amides is 1. The Morgan fingerprint density at radius 2 is 2.40 bits per heavy atom. The zero-order valence-electron chi connectivity index (χ0n) is 8.79. The van der Waals surface area contributed by atoms with Crippen LogP contribution in [0.3, 0.4) is 0 Å². The fourth-order valence-corrected chi connectivity index (χ4v) is 1.90. The van der Waals surface area contributed by atoms with Crippen molar-refractivity contribution in [1.82, 2.24) is 15.2 Å². The van der Waals surface area contributed by atoms with Gasteiger partial charge in [-0.3, -0.25) is 4.79 Å². The van der Waals surface area contributed by atoms with Gasteiger partial charge in [0.25, 0.3) is 5.91 Å². The lowest BCUT2D eigenvalue weighted by Gasteiger charge is -2.09. The highest BCUT2D eigenvalue weighted by Crippen LogP contribution is 2.17. The molecule has 6 heteroatoms. The van der Waals surface area contributed by atoms with Gasteiger partial charge in [0.05, 0.1) is 6.20 Å². The number of rotatable bonds is 5. The molecule has 1 amide bonds. The number of hydrogen-bond acceptors (Lipinski definition) is 4. The van der Waals surface area contributed by atoms with Crippen molar-refractivity contribution in [1.29, 1.82) is 0 Å². The largest absolute Gasteiger partial charge is 0.351 e. The highest BCUT2D eigenvalue weighted by atomic mass is 35.5. The van der Waals surface area contributed by atoms with E-state index < -0.39 is 0 Å². The molecule has 84 valence electrons. The van der Waals surface area contributed by atoms with Gasteiger partial charge in [-0.2, -0.15) is 0 Å². The minimum atomic E-state index is -0.0989. The maximum Gasteiger partial charge on any atom is 0.263 e. The number of nitrogens with one attached hydrogen (secondary N) is 1. The molecule has 0 aliphatic rings. The monoisotopic (exact) mass is 247 g/mol. The third kappa shape index (κ3) is 4.59. The number of hydrogen-bond donors (Lipinski definition) is 1. The summed E-state index contributed by atoms with van der Waals surface area (Å²) in [6.07, 6.45) is 2.43. The second-order valence-electron chi connectivity index (χ2n) is 3.39. The molecule has 1 rings (SSSR count). The molecule has 0 saturated heterocycles. The Morgan fingerprint density at radius 1 is 1.67 bits per heavy atom. The molecule has 0 aliphatic heterocycles. The molecular weight excluding hydrogens is 234 g/mol. The minimum absolute atomic E-state index is 0.0989. The van der Waals surface area contributed by atoms with Gasteiger partial charge >= 0.3 is 0 Å². The van der Waals surface area contributed by atoms with Crippen LogP contribution < -0.4 is 5.32 Å². The SMILES string of the molecule is CN(C)CCCNC(=O)c1cnc(Cl)s1. The van der Waals surface area contributed by atoms with E-state index in [1.54, 1.807) is 0 Å². The fourth-order valence-electron chi connectivity index (χ4n) is 1.04. The zero-order chi connectivity index (χ0) is 11.3. The number of nitrogens with zero attached hydrogens (tertiary/aromatic N) is 2. The average molecular weight is 248 g/mol. The Morgan fingerprint density at radius 3 is 2.93 bits per heavy atom. The molecule has 0 aromatic carbocycles. The number of thiazole rings is 1. The van der Waals surface area contributed by atoms with Gasteiger partial charge in [-0.05, 0) is 27.1 Å². The smallest absolute Gasteiger partial charge is 0.263 e. The van der Waals surface area contributed by atoms with E-state index in [-0.39, 0.29) is 5.91 Å². The fraction of sp³-hybridized carbons (Fsp3) is 0.556. The standard InChI is InChI=1S/C9H14ClN3OS/c1-13(2)5-3-4-11-8(14)7-6-12-9(10)15-7/h6H,3-5H2,1-2H3,(H,11,14). The first-order chi connectivity index (χ1) is 7.09. The molecule has 1 N–H and O–H groups in total. The van der Waals surface area contributed by atoms with Crippen molar-refractivity contribution >= 4 is 28.8 Å². The Kier molecular flexibility index (Phi) is 5.01. The summed E-state index contributed by atoms with van der Waals surface area (Å²) >= 11 is 6.82. The summed E-state index contributed by atoms with van der Waals surface area (Å²) in [4.78, 5) is 17.9. The Balaban J connectivity index is 2.25. The lowest BCUT2D eigenvalue weighted by molar-refractivity contribution is 0.0956.